The summed E-state index contributed by atoms with van der Waals surface area (Å²) in [4.78, 5) is 35.4. The Bertz CT molecular complexity index is 884. The van der Waals surface area contributed by atoms with Crippen LogP contribution in [0.5, 0.6) is 5.75 Å². The molecule has 0 aromatic heterocycles. The van der Waals surface area contributed by atoms with Crippen molar-refractivity contribution in [3.63, 3.8) is 0 Å². The zero-order chi connectivity index (χ0) is 20.1. The largest absolute Gasteiger partial charge is 0.484 e. The number of hydrogen-bond donors (Lipinski definition) is 1. The lowest BCUT2D eigenvalue weighted by atomic mass is 9.92. The predicted octanol–water partition coefficient (Wildman–Crippen LogP) is 2.82. The molecule has 0 aliphatic carbocycles. The van der Waals surface area contributed by atoms with Gasteiger partial charge in [0.15, 0.2) is 13.2 Å². The molecule has 0 aliphatic heterocycles. The van der Waals surface area contributed by atoms with Crippen molar-refractivity contribution in [1.82, 2.24) is 0 Å². The number of rotatable bonds is 7. The number of ether oxygens (including phenoxy) is 2. The van der Waals surface area contributed by atoms with Gasteiger partial charge in [0, 0.05) is 5.56 Å². The first-order valence-corrected chi connectivity index (χ1v) is 8.49. The van der Waals surface area contributed by atoms with E-state index in [0.717, 1.165) is 22.3 Å². The number of carbonyl (C=O) groups is 3. The number of hydrogen-bond acceptors (Lipinski definition) is 5. The van der Waals surface area contributed by atoms with Crippen molar-refractivity contribution in [2.24, 2.45) is 5.73 Å². The second-order valence-corrected chi connectivity index (χ2v) is 6.41. The second-order valence-electron chi connectivity index (χ2n) is 6.41. The average Bonchev–Trinajstić information content (AvgIpc) is 2.63. The summed E-state index contributed by atoms with van der Waals surface area (Å²) in [5, 5.41) is 0. The minimum atomic E-state index is -0.607. The van der Waals surface area contributed by atoms with E-state index in [1.165, 1.54) is 24.3 Å². The second kappa shape index (κ2) is 8.49. The van der Waals surface area contributed by atoms with Gasteiger partial charge in [-0.1, -0.05) is 6.07 Å². The molecule has 1 amide bonds. The standard InChI is InChI=1S/C21H23NO5/c1-12-9-13(2)20(15(4)14(12)3)18(23)10-27-21(25)16-5-7-17(8-6-16)26-11-19(22)24/h5-9H,10-11H2,1-4H3,(H2,22,24). The molecule has 0 spiro atoms. The molecule has 0 aliphatic rings. The highest BCUT2D eigenvalue weighted by molar-refractivity contribution is 6.01. The van der Waals surface area contributed by atoms with Crippen LogP contribution >= 0.6 is 0 Å². The van der Waals surface area contributed by atoms with Gasteiger partial charge in [-0.3, -0.25) is 9.59 Å². The van der Waals surface area contributed by atoms with Crippen LogP contribution in [0.1, 0.15) is 43.0 Å². The first kappa shape index (κ1) is 20.2. The Morgan fingerprint density at radius 2 is 1.52 bits per heavy atom. The van der Waals surface area contributed by atoms with Crippen molar-refractivity contribution in [3.05, 3.63) is 63.7 Å². The fourth-order valence-electron chi connectivity index (χ4n) is 2.84. The number of aryl methyl sites for hydroxylation is 2. The number of nitrogens with two attached hydrogens (primary N) is 1. The summed E-state index contributed by atoms with van der Waals surface area (Å²) in [6.45, 7) is 7.17. The minimum absolute atomic E-state index is 0.233. The molecule has 6 nitrogen and oxygen atoms in total. The number of amides is 1. The lowest BCUT2D eigenvalue weighted by Crippen LogP contribution is -2.20. The number of esters is 1. The van der Waals surface area contributed by atoms with Gasteiger partial charge >= 0.3 is 5.97 Å². The van der Waals surface area contributed by atoms with Crippen molar-refractivity contribution < 1.29 is 23.9 Å². The fraction of sp³-hybridized carbons (Fsp3) is 0.286. The van der Waals surface area contributed by atoms with Crippen molar-refractivity contribution >= 4 is 17.7 Å². The van der Waals surface area contributed by atoms with E-state index in [-0.39, 0.29) is 24.6 Å². The van der Waals surface area contributed by atoms with Crippen molar-refractivity contribution in [3.8, 4) is 5.75 Å². The van der Waals surface area contributed by atoms with Crippen LogP contribution in [0.3, 0.4) is 0 Å². The number of Topliss-reactive ketones (excluding diaryl/α,β-unsaturated/α-hetero) is 1. The van der Waals surface area contributed by atoms with E-state index in [4.69, 9.17) is 15.2 Å². The van der Waals surface area contributed by atoms with Gasteiger partial charge in [0.1, 0.15) is 5.75 Å². The number of ketones is 1. The quantitative estimate of drug-likeness (QED) is 0.598. The number of carbonyl (C=O) groups excluding carboxylic acids is 3. The Kier molecular flexibility index (Phi) is 6.34. The van der Waals surface area contributed by atoms with E-state index >= 15 is 0 Å². The lowest BCUT2D eigenvalue weighted by Gasteiger charge is -2.14. The third-order valence-electron chi connectivity index (χ3n) is 4.44. The van der Waals surface area contributed by atoms with Gasteiger partial charge in [0.25, 0.3) is 5.91 Å². The minimum Gasteiger partial charge on any atom is -0.484 e. The van der Waals surface area contributed by atoms with E-state index in [9.17, 15) is 14.4 Å². The molecular formula is C21H23NO5. The third-order valence-corrected chi connectivity index (χ3v) is 4.44. The molecule has 0 heterocycles. The lowest BCUT2D eigenvalue weighted by molar-refractivity contribution is -0.119. The van der Waals surface area contributed by atoms with Crippen LogP contribution in [-0.2, 0) is 9.53 Å². The van der Waals surface area contributed by atoms with E-state index in [2.05, 4.69) is 0 Å². The third kappa shape index (κ3) is 4.94. The van der Waals surface area contributed by atoms with Gasteiger partial charge in [0.05, 0.1) is 5.56 Å². The van der Waals surface area contributed by atoms with Crippen molar-refractivity contribution in [1.29, 1.82) is 0 Å². The van der Waals surface area contributed by atoms with E-state index in [1.54, 1.807) is 0 Å². The zero-order valence-electron chi connectivity index (χ0n) is 15.9. The molecule has 0 saturated heterocycles. The first-order valence-electron chi connectivity index (χ1n) is 8.49. The molecule has 0 fully saturated rings. The number of benzene rings is 2. The maximum Gasteiger partial charge on any atom is 0.338 e. The average molecular weight is 369 g/mol. The maximum absolute atomic E-state index is 12.5. The molecule has 2 aromatic carbocycles. The SMILES string of the molecule is Cc1cc(C)c(C(=O)COC(=O)c2ccc(OCC(N)=O)cc2)c(C)c1C. The normalized spacial score (nSPS) is 10.4. The van der Waals surface area contributed by atoms with E-state index in [1.807, 2.05) is 33.8 Å². The van der Waals surface area contributed by atoms with E-state index in [0.29, 0.717) is 11.3 Å². The summed E-state index contributed by atoms with van der Waals surface area (Å²) in [7, 11) is 0. The van der Waals surface area contributed by atoms with Gasteiger partial charge < -0.3 is 15.2 Å². The van der Waals surface area contributed by atoms with Gasteiger partial charge in [-0.15, -0.1) is 0 Å². The van der Waals surface area contributed by atoms with Crippen molar-refractivity contribution in [2.75, 3.05) is 13.2 Å². The highest BCUT2D eigenvalue weighted by Crippen LogP contribution is 2.22. The molecule has 2 aromatic rings. The highest BCUT2D eigenvalue weighted by atomic mass is 16.5. The van der Waals surface area contributed by atoms with Crippen LogP contribution in [0.15, 0.2) is 30.3 Å². The molecule has 6 heteroatoms. The van der Waals surface area contributed by atoms with Gasteiger partial charge in [-0.25, -0.2) is 4.79 Å². The van der Waals surface area contributed by atoms with Gasteiger partial charge in [-0.2, -0.15) is 0 Å². The molecule has 0 bridgehead atoms. The Morgan fingerprint density at radius 1 is 0.889 bits per heavy atom. The van der Waals surface area contributed by atoms with Crippen LogP contribution in [0.25, 0.3) is 0 Å². The molecular weight excluding hydrogens is 346 g/mol. The van der Waals surface area contributed by atoms with Crippen LogP contribution in [0.4, 0.5) is 0 Å². The zero-order valence-corrected chi connectivity index (χ0v) is 15.9. The van der Waals surface area contributed by atoms with Crippen LogP contribution in [0.2, 0.25) is 0 Å². The fourth-order valence-corrected chi connectivity index (χ4v) is 2.84. The highest BCUT2D eigenvalue weighted by Gasteiger charge is 2.17. The molecule has 142 valence electrons. The smallest absolute Gasteiger partial charge is 0.338 e. The van der Waals surface area contributed by atoms with Gasteiger partial charge in [0.2, 0.25) is 5.78 Å². The molecule has 2 N–H and O–H groups in total. The van der Waals surface area contributed by atoms with E-state index < -0.39 is 11.9 Å². The molecule has 0 saturated carbocycles. The van der Waals surface area contributed by atoms with Crippen LogP contribution in [0, 0.1) is 27.7 Å². The summed E-state index contributed by atoms with van der Waals surface area (Å²) in [5.74, 6) is -1.02. The molecule has 0 radical (unpaired) electrons. The Hall–Kier alpha value is -3.15. The summed E-state index contributed by atoms with van der Waals surface area (Å²) in [5.41, 5.74) is 9.84. The Morgan fingerprint density at radius 3 is 2.11 bits per heavy atom. The molecule has 27 heavy (non-hydrogen) atoms. The Labute approximate surface area is 158 Å². The molecule has 0 atom stereocenters. The van der Waals surface area contributed by atoms with Crippen LogP contribution < -0.4 is 10.5 Å². The van der Waals surface area contributed by atoms with Gasteiger partial charge in [-0.05, 0) is 74.2 Å². The summed E-state index contributed by atoms with van der Waals surface area (Å²) >= 11 is 0. The summed E-state index contributed by atoms with van der Waals surface area (Å²) in [6, 6.07) is 8.01. The topological polar surface area (TPSA) is 95.7 Å². The summed E-state index contributed by atoms with van der Waals surface area (Å²) < 4.78 is 10.3. The maximum atomic E-state index is 12.5. The van der Waals surface area contributed by atoms with Crippen molar-refractivity contribution in [2.45, 2.75) is 27.7 Å². The molecule has 2 rings (SSSR count). The molecule has 0 unspecified atom stereocenters. The monoisotopic (exact) mass is 369 g/mol. The summed E-state index contributed by atoms with van der Waals surface area (Å²) in [6.07, 6.45) is 0. The Balaban J connectivity index is 2.02. The first-order chi connectivity index (χ1) is 12.7. The van der Waals surface area contributed by atoms with Crippen LogP contribution in [-0.4, -0.2) is 30.9 Å². The predicted molar refractivity (Wildman–Crippen MR) is 101 cm³/mol. The number of primary amides is 1.